The van der Waals surface area contributed by atoms with Crippen molar-refractivity contribution in [2.24, 2.45) is 0 Å². The van der Waals surface area contributed by atoms with Gasteiger partial charge in [-0.05, 0) is 36.4 Å². The molecule has 124 valence electrons. The molecule has 3 rings (SSSR count). The molecule has 1 aliphatic heterocycles. The average molecular weight is 321 g/mol. The molecule has 0 saturated carbocycles. The second-order valence-electron chi connectivity index (χ2n) is 5.60. The number of nitrogens with zero attached hydrogens (tertiary/aromatic N) is 1. The lowest BCUT2D eigenvalue weighted by atomic mass is 10.1. The minimum atomic E-state index is -0.538. The molecule has 1 aliphatic rings. The van der Waals surface area contributed by atoms with Crippen LogP contribution in [0, 0.1) is 5.82 Å². The highest BCUT2D eigenvalue weighted by Crippen LogP contribution is 2.22. The molecule has 0 amide bonds. The van der Waals surface area contributed by atoms with Gasteiger partial charge in [0.15, 0.2) is 11.6 Å². The van der Waals surface area contributed by atoms with E-state index in [4.69, 9.17) is 14.2 Å². The van der Waals surface area contributed by atoms with Crippen molar-refractivity contribution in [2.75, 3.05) is 26.9 Å². The van der Waals surface area contributed by atoms with Gasteiger partial charge in [0.05, 0.1) is 31.8 Å². The first-order valence-electron chi connectivity index (χ1n) is 7.75. The van der Waals surface area contributed by atoms with Crippen molar-refractivity contribution in [3.8, 4) is 5.75 Å². The topological polar surface area (TPSA) is 49.7 Å². The van der Waals surface area contributed by atoms with Crippen LogP contribution >= 0.6 is 0 Å². The minimum Gasteiger partial charge on any atom is -0.494 e. The zero-order valence-corrected chi connectivity index (χ0v) is 13.1. The van der Waals surface area contributed by atoms with Crippen LogP contribution in [-0.2, 0) is 16.0 Å². The largest absolute Gasteiger partial charge is 0.494 e. The Bertz CT molecular complexity index is 737. The number of aromatic nitrogens is 1. The first-order chi connectivity index (χ1) is 11.2. The van der Waals surface area contributed by atoms with Crippen molar-refractivity contribution in [2.45, 2.75) is 25.5 Å². The molecule has 0 N–H and O–H groups in total. The van der Waals surface area contributed by atoms with Crippen LogP contribution in [0.4, 0.5) is 4.39 Å². The molecule has 1 saturated heterocycles. The Kier molecular flexibility index (Phi) is 4.93. The van der Waals surface area contributed by atoms with E-state index in [0.717, 1.165) is 19.4 Å². The summed E-state index contributed by atoms with van der Waals surface area (Å²) in [4.78, 5) is 12.4. The molecule has 0 aliphatic carbocycles. The highest BCUT2D eigenvalue weighted by molar-refractivity contribution is 5.83. The van der Waals surface area contributed by atoms with Crippen LogP contribution in [-0.4, -0.2) is 37.6 Å². The molecule has 0 spiro atoms. The number of fused-ring (bicyclic) bond motifs is 1. The molecular weight excluding hydrogens is 301 g/mol. The Morgan fingerprint density at radius 1 is 1.43 bits per heavy atom. The number of hydrogen-bond donors (Lipinski definition) is 0. The second-order valence-corrected chi connectivity index (χ2v) is 5.60. The number of benzene rings is 1. The van der Waals surface area contributed by atoms with E-state index in [-0.39, 0.29) is 17.4 Å². The van der Waals surface area contributed by atoms with Crippen LogP contribution in [0.2, 0.25) is 0 Å². The van der Waals surface area contributed by atoms with Crippen molar-refractivity contribution in [3.63, 3.8) is 0 Å². The lowest BCUT2D eigenvalue weighted by Gasteiger charge is -2.12. The predicted octanol–water partition coefficient (Wildman–Crippen LogP) is 2.34. The third kappa shape index (κ3) is 3.54. The molecule has 5 nitrogen and oxygen atoms in total. The Morgan fingerprint density at radius 2 is 2.30 bits per heavy atom. The van der Waals surface area contributed by atoms with E-state index in [1.165, 1.54) is 23.8 Å². The summed E-state index contributed by atoms with van der Waals surface area (Å²) < 4.78 is 31.3. The standard InChI is InChI=1S/C17H20FNO4/c1-21-16-9-12-4-5-19(17(20)14(12)10-15(16)18)6-8-22-11-13-3-2-7-23-13/h4-5,9-10,13H,2-3,6-8,11H2,1H3/t13-/m1/s1. The molecular formula is C17H20FNO4. The summed E-state index contributed by atoms with van der Waals surface area (Å²) in [5.41, 5.74) is -0.232. The quantitative estimate of drug-likeness (QED) is 0.766. The van der Waals surface area contributed by atoms with Gasteiger partial charge in [-0.2, -0.15) is 0 Å². The highest BCUT2D eigenvalue weighted by Gasteiger charge is 2.15. The normalized spacial score (nSPS) is 17.7. The molecule has 1 aromatic heterocycles. The predicted molar refractivity (Wildman–Crippen MR) is 84.5 cm³/mol. The van der Waals surface area contributed by atoms with Crippen molar-refractivity contribution in [3.05, 3.63) is 40.6 Å². The number of hydrogen-bond acceptors (Lipinski definition) is 4. The summed E-state index contributed by atoms with van der Waals surface area (Å²) in [6.45, 7) is 2.19. The molecule has 2 aromatic rings. The molecule has 1 atom stereocenters. The summed E-state index contributed by atoms with van der Waals surface area (Å²) >= 11 is 0. The van der Waals surface area contributed by atoms with Gasteiger partial charge in [-0.15, -0.1) is 0 Å². The Morgan fingerprint density at radius 3 is 3.04 bits per heavy atom. The van der Waals surface area contributed by atoms with E-state index in [9.17, 15) is 9.18 Å². The van der Waals surface area contributed by atoms with E-state index in [2.05, 4.69) is 0 Å². The Hall–Kier alpha value is -1.92. The van der Waals surface area contributed by atoms with E-state index >= 15 is 0 Å². The van der Waals surface area contributed by atoms with Gasteiger partial charge >= 0.3 is 0 Å². The fourth-order valence-electron chi connectivity index (χ4n) is 2.77. The maximum atomic E-state index is 13.8. The molecule has 1 aromatic carbocycles. The van der Waals surface area contributed by atoms with E-state index in [1.54, 1.807) is 12.3 Å². The van der Waals surface area contributed by atoms with Crippen molar-refractivity contribution in [1.82, 2.24) is 4.57 Å². The third-order valence-electron chi connectivity index (χ3n) is 4.05. The van der Waals surface area contributed by atoms with Crippen molar-refractivity contribution in [1.29, 1.82) is 0 Å². The fraction of sp³-hybridized carbons (Fsp3) is 0.471. The van der Waals surface area contributed by atoms with Gasteiger partial charge in [-0.3, -0.25) is 4.79 Å². The minimum absolute atomic E-state index is 0.134. The van der Waals surface area contributed by atoms with Crippen LogP contribution < -0.4 is 10.3 Å². The van der Waals surface area contributed by atoms with Gasteiger partial charge in [-0.25, -0.2) is 4.39 Å². The van der Waals surface area contributed by atoms with Gasteiger partial charge in [0, 0.05) is 19.3 Å². The third-order valence-corrected chi connectivity index (χ3v) is 4.05. The summed E-state index contributed by atoms with van der Waals surface area (Å²) in [6, 6.07) is 4.53. The number of rotatable bonds is 6. The van der Waals surface area contributed by atoms with Crippen LogP contribution in [0.5, 0.6) is 5.75 Å². The van der Waals surface area contributed by atoms with Gasteiger partial charge in [-0.1, -0.05) is 0 Å². The lowest BCUT2D eigenvalue weighted by Crippen LogP contribution is -2.23. The molecule has 2 heterocycles. The van der Waals surface area contributed by atoms with Gasteiger partial charge in [0.1, 0.15) is 0 Å². The first-order valence-corrected chi connectivity index (χ1v) is 7.75. The van der Waals surface area contributed by atoms with Crippen LogP contribution in [0.1, 0.15) is 12.8 Å². The van der Waals surface area contributed by atoms with E-state index in [0.29, 0.717) is 30.5 Å². The molecule has 1 fully saturated rings. The molecule has 0 bridgehead atoms. The Balaban J connectivity index is 1.69. The first kappa shape index (κ1) is 16.0. The number of halogens is 1. The van der Waals surface area contributed by atoms with Crippen molar-refractivity contribution >= 4 is 10.8 Å². The zero-order valence-electron chi connectivity index (χ0n) is 13.1. The molecule has 23 heavy (non-hydrogen) atoms. The van der Waals surface area contributed by atoms with Crippen molar-refractivity contribution < 1.29 is 18.6 Å². The smallest absolute Gasteiger partial charge is 0.258 e. The molecule has 0 unspecified atom stereocenters. The van der Waals surface area contributed by atoms with E-state index in [1.807, 2.05) is 0 Å². The van der Waals surface area contributed by atoms with Gasteiger partial charge < -0.3 is 18.8 Å². The van der Waals surface area contributed by atoms with Gasteiger partial charge in [0.25, 0.3) is 5.56 Å². The summed E-state index contributed by atoms with van der Waals surface area (Å²) in [5, 5.41) is 0.995. The molecule has 0 radical (unpaired) electrons. The van der Waals surface area contributed by atoms with Gasteiger partial charge in [0.2, 0.25) is 0 Å². The second kappa shape index (κ2) is 7.10. The molecule has 6 heteroatoms. The summed E-state index contributed by atoms with van der Waals surface area (Å²) in [5.74, 6) is -0.404. The highest BCUT2D eigenvalue weighted by atomic mass is 19.1. The Labute approximate surface area is 133 Å². The SMILES string of the molecule is COc1cc2ccn(CCOC[C@H]3CCCO3)c(=O)c2cc1F. The summed E-state index contributed by atoms with van der Waals surface area (Å²) in [7, 11) is 1.40. The zero-order chi connectivity index (χ0) is 16.2. The van der Waals surface area contributed by atoms with E-state index < -0.39 is 5.82 Å². The number of methoxy groups -OCH3 is 1. The van der Waals surface area contributed by atoms with Crippen LogP contribution in [0.25, 0.3) is 10.8 Å². The number of pyridine rings is 1. The monoisotopic (exact) mass is 321 g/mol. The number of ether oxygens (including phenoxy) is 3. The summed E-state index contributed by atoms with van der Waals surface area (Å²) in [6.07, 6.45) is 3.96. The van der Waals surface area contributed by atoms with Crippen LogP contribution in [0.3, 0.4) is 0 Å². The maximum absolute atomic E-state index is 13.8. The maximum Gasteiger partial charge on any atom is 0.258 e. The lowest BCUT2D eigenvalue weighted by molar-refractivity contribution is 0.0147. The fourth-order valence-corrected chi connectivity index (χ4v) is 2.77. The average Bonchev–Trinajstić information content (AvgIpc) is 3.07. The van der Waals surface area contributed by atoms with Crippen LogP contribution in [0.15, 0.2) is 29.2 Å².